The number of ether oxygens (including phenoxy) is 1. The van der Waals surface area contributed by atoms with E-state index in [0.717, 1.165) is 11.1 Å². The third-order valence-corrected chi connectivity index (χ3v) is 4.93. The minimum absolute atomic E-state index is 0.305. The summed E-state index contributed by atoms with van der Waals surface area (Å²) in [6.45, 7) is 4.61. The summed E-state index contributed by atoms with van der Waals surface area (Å²) < 4.78 is 7.40. The fourth-order valence-corrected chi connectivity index (χ4v) is 3.25. The van der Waals surface area contributed by atoms with Crippen LogP contribution in [0.3, 0.4) is 0 Å². The van der Waals surface area contributed by atoms with Crippen molar-refractivity contribution >= 4 is 28.6 Å². The SMILES string of the molecule is CCn1nnc2cc(C(=O)O[C@@H](C(=O)Nc3ccc(C)cc3)c3ccccc3)ccc21. The van der Waals surface area contributed by atoms with Crippen LogP contribution < -0.4 is 5.32 Å². The maximum absolute atomic E-state index is 13.0. The van der Waals surface area contributed by atoms with Gasteiger partial charge in [0.05, 0.1) is 11.1 Å². The predicted octanol–water partition coefficient (Wildman–Crippen LogP) is 4.30. The molecule has 1 N–H and O–H groups in total. The Morgan fingerprint density at radius 3 is 2.48 bits per heavy atom. The highest BCUT2D eigenvalue weighted by Gasteiger charge is 2.26. The van der Waals surface area contributed by atoms with E-state index in [1.807, 2.05) is 44.2 Å². The van der Waals surface area contributed by atoms with Gasteiger partial charge in [0.25, 0.3) is 5.91 Å². The molecule has 3 aromatic carbocycles. The zero-order valence-corrected chi connectivity index (χ0v) is 17.3. The molecule has 0 spiro atoms. The van der Waals surface area contributed by atoms with Gasteiger partial charge in [0.2, 0.25) is 6.10 Å². The van der Waals surface area contributed by atoms with Gasteiger partial charge in [-0.25, -0.2) is 9.48 Å². The van der Waals surface area contributed by atoms with E-state index in [1.165, 1.54) is 0 Å². The first kappa shape index (κ1) is 20.3. The zero-order valence-electron chi connectivity index (χ0n) is 17.3. The monoisotopic (exact) mass is 414 g/mol. The summed E-state index contributed by atoms with van der Waals surface area (Å²) in [4.78, 5) is 25.9. The number of anilines is 1. The molecule has 7 heteroatoms. The van der Waals surface area contributed by atoms with Gasteiger partial charge in [-0.05, 0) is 44.2 Å². The van der Waals surface area contributed by atoms with E-state index in [2.05, 4.69) is 15.6 Å². The number of hydrogen-bond donors (Lipinski definition) is 1. The predicted molar refractivity (Wildman–Crippen MR) is 118 cm³/mol. The summed E-state index contributed by atoms with van der Waals surface area (Å²) in [5.41, 5.74) is 4.02. The van der Waals surface area contributed by atoms with Crippen LogP contribution in [0, 0.1) is 6.92 Å². The summed E-state index contributed by atoms with van der Waals surface area (Å²) in [5, 5.41) is 11.0. The lowest BCUT2D eigenvalue weighted by Crippen LogP contribution is -2.26. The molecule has 0 aliphatic heterocycles. The fraction of sp³-hybridized carbons (Fsp3) is 0.167. The van der Waals surface area contributed by atoms with Crippen molar-refractivity contribution in [3.05, 3.63) is 89.5 Å². The minimum atomic E-state index is -1.10. The number of fused-ring (bicyclic) bond motifs is 1. The number of aromatic nitrogens is 3. The Kier molecular flexibility index (Phi) is 5.75. The Morgan fingerprint density at radius 2 is 1.77 bits per heavy atom. The van der Waals surface area contributed by atoms with Crippen LogP contribution in [-0.4, -0.2) is 26.9 Å². The number of nitrogens with one attached hydrogen (secondary N) is 1. The lowest BCUT2D eigenvalue weighted by atomic mass is 10.1. The van der Waals surface area contributed by atoms with Gasteiger partial charge in [-0.1, -0.05) is 53.2 Å². The van der Waals surface area contributed by atoms with E-state index >= 15 is 0 Å². The van der Waals surface area contributed by atoms with Gasteiger partial charge < -0.3 is 10.1 Å². The molecule has 0 saturated heterocycles. The van der Waals surface area contributed by atoms with Crippen LogP contribution in [-0.2, 0) is 16.1 Å². The minimum Gasteiger partial charge on any atom is -0.444 e. The van der Waals surface area contributed by atoms with E-state index in [9.17, 15) is 9.59 Å². The van der Waals surface area contributed by atoms with Crippen LogP contribution in [0.25, 0.3) is 11.0 Å². The number of hydrogen-bond acceptors (Lipinski definition) is 5. The van der Waals surface area contributed by atoms with Crippen LogP contribution in [0.1, 0.15) is 34.5 Å². The smallest absolute Gasteiger partial charge is 0.339 e. The molecule has 156 valence electrons. The first-order valence-electron chi connectivity index (χ1n) is 10.0. The van der Waals surface area contributed by atoms with Crippen LogP contribution in [0.5, 0.6) is 0 Å². The van der Waals surface area contributed by atoms with Gasteiger partial charge in [-0.15, -0.1) is 5.10 Å². The molecule has 1 heterocycles. The van der Waals surface area contributed by atoms with Crippen molar-refractivity contribution in [1.29, 1.82) is 0 Å². The van der Waals surface area contributed by atoms with Crippen molar-refractivity contribution in [2.45, 2.75) is 26.5 Å². The van der Waals surface area contributed by atoms with Crippen LogP contribution in [0.4, 0.5) is 5.69 Å². The highest BCUT2D eigenvalue weighted by atomic mass is 16.5. The number of rotatable bonds is 6. The Balaban J connectivity index is 1.59. The van der Waals surface area contributed by atoms with Gasteiger partial charge >= 0.3 is 5.97 Å². The van der Waals surface area contributed by atoms with E-state index in [0.29, 0.717) is 28.9 Å². The average Bonchev–Trinajstić information content (AvgIpc) is 3.21. The molecule has 0 unspecified atom stereocenters. The Hall–Kier alpha value is -4.00. The van der Waals surface area contributed by atoms with Crippen molar-refractivity contribution in [3.8, 4) is 0 Å². The van der Waals surface area contributed by atoms with Crippen LogP contribution >= 0.6 is 0 Å². The van der Waals surface area contributed by atoms with Crippen molar-refractivity contribution in [2.24, 2.45) is 0 Å². The molecule has 4 rings (SSSR count). The summed E-state index contributed by atoms with van der Waals surface area (Å²) in [7, 11) is 0. The standard InChI is InChI=1S/C24H22N4O3/c1-3-28-21-14-11-18(15-20(21)26-27-28)24(30)31-22(17-7-5-4-6-8-17)23(29)25-19-12-9-16(2)10-13-19/h4-15,22H,3H2,1-2H3,(H,25,29)/t22-/m1/s1. The largest absolute Gasteiger partial charge is 0.444 e. The van der Waals surface area contributed by atoms with E-state index in [1.54, 1.807) is 47.1 Å². The quantitative estimate of drug-likeness (QED) is 0.476. The van der Waals surface area contributed by atoms with Crippen molar-refractivity contribution in [3.63, 3.8) is 0 Å². The van der Waals surface area contributed by atoms with Crippen molar-refractivity contribution in [1.82, 2.24) is 15.0 Å². The third-order valence-electron chi connectivity index (χ3n) is 4.93. The first-order chi connectivity index (χ1) is 15.0. The molecule has 1 atom stereocenters. The Morgan fingerprint density at radius 1 is 1.03 bits per heavy atom. The molecule has 0 radical (unpaired) electrons. The summed E-state index contributed by atoms with van der Waals surface area (Å²) in [5.74, 6) is -1.04. The average molecular weight is 414 g/mol. The molecule has 31 heavy (non-hydrogen) atoms. The van der Waals surface area contributed by atoms with Gasteiger partial charge in [0.15, 0.2) is 0 Å². The van der Waals surface area contributed by atoms with Crippen LogP contribution in [0.2, 0.25) is 0 Å². The molecule has 1 aromatic heterocycles. The second-order valence-electron chi connectivity index (χ2n) is 7.16. The van der Waals surface area contributed by atoms with E-state index < -0.39 is 18.0 Å². The molecular formula is C24H22N4O3. The number of carbonyl (C=O) groups is 2. The maximum Gasteiger partial charge on any atom is 0.339 e. The third kappa shape index (κ3) is 4.45. The maximum atomic E-state index is 13.0. The number of carbonyl (C=O) groups excluding carboxylic acids is 2. The number of aryl methyl sites for hydroxylation is 2. The second kappa shape index (κ2) is 8.79. The number of nitrogens with zero attached hydrogens (tertiary/aromatic N) is 3. The molecule has 4 aromatic rings. The number of esters is 1. The van der Waals surface area contributed by atoms with Crippen LogP contribution in [0.15, 0.2) is 72.8 Å². The Labute approximate surface area is 179 Å². The van der Waals surface area contributed by atoms with Gasteiger partial charge in [0, 0.05) is 17.8 Å². The summed E-state index contributed by atoms with van der Waals surface area (Å²) in [6.07, 6.45) is -1.10. The lowest BCUT2D eigenvalue weighted by Gasteiger charge is -2.18. The fourth-order valence-electron chi connectivity index (χ4n) is 3.25. The number of amides is 1. The van der Waals surface area contributed by atoms with Crippen molar-refractivity contribution < 1.29 is 14.3 Å². The van der Waals surface area contributed by atoms with E-state index in [4.69, 9.17) is 4.74 Å². The molecule has 1 amide bonds. The lowest BCUT2D eigenvalue weighted by molar-refractivity contribution is -0.125. The summed E-state index contributed by atoms with van der Waals surface area (Å²) >= 11 is 0. The van der Waals surface area contributed by atoms with Crippen molar-refractivity contribution in [2.75, 3.05) is 5.32 Å². The molecular weight excluding hydrogens is 392 g/mol. The molecule has 0 fully saturated rings. The normalized spacial score (nSPS) is 11.8. The number of benzene rings is 3. The van der Waals surface area contributed by atoms with Gasteiger partial charge in [-0.2, -0.15) is 0 Å². The highest BCUT2D eigenvalue weighted by Crippen LogP contribution is 2.23. The highest BCUT2D eigenvalue weighted by molar-refractivity contribution is 5.99. The molecule has 0 bridgehead atoms. The van der Waals surface area contributed by atoms with E-state index in [-0.39, 0.29) is 0 Å². The molecule has 7 nitrogen and oxygen atoms in total. The summed E-state index contributed by atoms with van der Waals surface area (Å²) in [6, 6.07) is 21.4. The topological polar surface area (TPSA) is 86.1 Å². The van der Waals surface area contributed by atoms with Gasteiger partial charge in [-0.3, -0.25) is 4.79 Å². The first-order valence-corrected chi connectivity index (χ1v) is 10.0. The Bertz CT molecular complexity index is 1220. The zero-order chi connectivity index (χ0) is 21.8. The van der Waals surface area contributed by atoms with Gasteiger partial charge in [0.1, 0.15) is 5.52 Å². The molecule has 0 saturated carbocycles. The molecule has 0 aliphatic rings. The second-order valence-corrected chi connectivity index (χ2v) is 7.16. The molecule has 0 aliphatic carbocycles.